The molecule has 1 fully saturated rings. The number of nitrogens with one attached hydrogen (secondary N) is 1. The Kier molecular flexibility index (Phi) is 3.99. The molecule has 0 spiro atoms. The second-order valence-electron chi connectivity index (χ2n) is 5.02. The van der Waals surface area contributed by atoms with Crippen LogP contribution < -0.4 is 5.32 Å². The zero-order valence-electron chi connectivity index (χ0n) is 10.4. The Labute approximate surface area is 98.3 Å². The van der Waals surface area contributed by atoms with E-state index in [0.29, 0.717) is 6.04 Å². The van der Waals surface area contributed by atoms with E-state index >= 15 is 0 Å². The number of aromatic nitrogens is 2. The van der Waals surface area contributed by atoms with Gasteiger partial charge in [0.1, 0.15) is 5.82 Å². The van der Waals surface area contributed by atoms with Crippen molar-refractivity contribution in [3.05, 3.63) is 18.2 Å². The van der Waals surface area contributed by atoms with Crippen LogP contribution in [0.5, 0.6) is 0 Å². The van der Waals surface area contributed by atoms with E-state index in [9.17, 15) is 0 Å². The molecule has 1 aliphatic rings. The Bertz CT molecular complexity index is 313. The Balaban J connectivity index is 1.78. The molecule has 16 heavy (non-hydrogen) atoms. The fourth-order valence-electron chi connectivity index (χ4n) is 2.62. The van der Waals surface area contributed by atoms with Crippen LogP contribution in [0.15, 0.2) is 12.4 Å². The van der Waals surface area contributed by atoms with E-state index < -0.39 is 0 Å². The Morgan fingerprint density at radius 3 is 2.81 bits per heavy atom. The van der Waals surface area contributed by atoms with Gasteiger partial charge in [0, 0.05) is 25.5 Å². The third-order valence-electron chi connectivity index (χ3n) is 3.86. The van der Waals surface area contributed by atoms with Gasteiger partial charge in [0.2, 0.25) is 0 Å². The highest BCUT2D eigenvalue weighted by atomic mass is 15.1. The van der Waals surface area contributed by atoms with E-state index in [2.05, 4.69) is 28.8 Å². The van der Waals surface area contributed by atoms with E-state index in [-0.39, 0.29) is 0 Å². The first kappa shape index (κ1) is 11.6. The lowest BCUT2D eigenvalue weighted by Crippen LogP contribution is -2.34. The maximum atomic E-state index is 4.33. The molecule has 1 aliphatic carbocycles. The molecule has 0 bridgehead atoms. The van der Waals surface area contributed by atoms with Crippen molar-refractivity contribution in [2.75, 3.05) is 0 Å². The van der Waals surface area contributed by atoms with Crippen LogP contribution in [0.3, 0.4) is 0 Å². The van der Waals surface area contributed by atoms with Crippen LogP contribution in [0.1, 0.15) is 44.9 Å². The third kappa shape index (κ3) is 2.85. The molecule has 3 heteroatoms. The second kappa shape index (κ2) is 5.48. The van der Waals surface area contributed by atoms with Gasteiger partial charge in [0.05, 0.1) is 6.54 Å². The fraction of sp³-hybridized carbons (Fsp3) is 0.769. The fourth-order valence-corrected chi connectivity index (χ4v) is 2.62. The van der Waals surface area contributed by atoms with Crippen LogP contribution >= 0.6 is 0 Å². The molecule has 1 N–H and O–H groups in total. The molecule has 2 rings (SSSR count). The minimum atomic E-state index is 0.622. The van der Waals surface area contributed by atoms with Crippen LogP contribution in [-0.4, -0.2) is 15.6 Å². The van der Waals surface area contributed by atoms with Crippen molar-refractivity contribution in [1.82, 2.24) is 14.9 Å². The smallest absolute Gasteiger partial charge is 0.122 e. The Morgan fingerprint density at radius 1 is 1.44 bits per heavy atom. The molecule has 1 atom stereocenters. The monoisotopic (exact) mass is 221 g/mol. The van der Waals surface area contributed by atoms with Gasteiger partial charge in [-0.15, -0.1) is 0 Å². The molecule has 0 aliphatic heterocycles. The lowest BCUT2D eigenvalue weighted by molar-refractivity contribution is 0.279. The summed E-state index contributed by atoms with van der Waals surface area (Å²) in [6.07, 6.45) is 10.9. The van der Waals surface area contributed by atoms with Gasteiger partial charge < -0.3 is 9.88 Å². The van der Waals surface area contributed by atoms with Crippen LogP contribution in [0.25, 0.3) is 0 Å². The van der Waals surface area contributed by atoms with Crippen LogP contribution in [0.4, 0.5) is 0 Å². The first-order valence-electron chi connectivity index (χ1n) is 6.47. The minimum Gasteiger partial charge on any atom is -0.337 e. The van der Waals surface area contributed by atoms with E-state index in [0.717, 1.165) is 18.3 Å². The standard InChI is InChI=1S/C13H23N3/c1-11(12-6-4-3-5-7-12)15-10-13-14-8-9-16(13)2/h8-9,11-12,15H,3-7,10H2,1-2H3/t11-/m1/s1. The molecule has 90 valence electrons. The zero-order chi connectivity index (χ0) is 11.4. The van der Waals surface area contributed by atoms with Crippen molar-refractivity contribution in [2.45, 2.75) is 51.6 Å². The van der Waals surface area contributed by atoms with Gasteiger partial charge in [-0.05, 0) is 25.7 Å². The molecular weight excluding hydrogens is 198 g/mol. The Morgan fingerprint density at radius 2 is 2.19 bits per heavy atom. The molecular formula is C13H23N3. The number of rotatable bonds is 4. The second-order valence-corrected chi connectivity index (χ2v) is 5.02. The molecule has 0 aromatic carbocycles. The molecule has 1 aromatic heterocycles. The number of aryl methyl sites for hydroxylation is 1. The number of hydrogen-bond donors (Lipinski definition) is 1. The van der Waals surface area contributed by atoms with Gasteiger partial charge in [-0.1, -0.05) is 19.3 Å². The molecule has 0 saturated heterocycles. The van der Waals surface area contributed by atoms with Gasteiger partial charge in [-0.25, -0.2) is 4.98 Å². The highest BCUT2D eigenvalue weighted by Crippen LogP contribution is 2.26. The molecule has 1 heterocycles. The number of nitrogens with zero attached hydrogens (tertiary/aromatic N) is 2. The molecule has 1 aromatic rings. The summed E-state index contributed by atoms with van der Waals surface area (Å²) in [5.41, 5.74) is 0. The summed E-state index contributed by atoms with van der Waals surface area (Å²) >= 11 is 0. The molecule has 0 radical (unpaired) electrons. The molecule has 0 unspecified atom stereocenters. The van der Waals surface area contributed by atoms with Gasteiger partial charge in [0.25, 0.3) is 0 Å². The minimum absolute atomic E-state index is 0.622. The van der Waals surface area contributed by atoms with E-state index in [1.807, 2.05) is 12.4 Å². The summed E-state index contributed by atoms with van der Waals surface area (Å²) in [6, 6.07) is 0.622. The summed E-state index contributed by atoms with van der Waals surface area (Å²) in [4.78, 5) is 4.33. The van der Waals surface area contributed by atoms with E-state index in [1.54, 1.807) is 0 Å². The summed E-state index contributed by atoms with van der Waals surface area (Å²) in [6.45, 7) is 3.21. The Hall–Kier alpha value is -0.830. The van der Waals surface area contributed by atoms with Crippen LogP contribution in [0.2, 0.25) is 0 Å². The maximum absolute atomic E-state index is 4.33. The normalized spacial score (nSPS) is 19.9. The topological polar surface area (TPSA) is 29.9 Å². The first-order chi connectivity index (χ1) is 7.77. The largest absolute Gasteiger partial charge is 0.337 e. The average molecular weight is 221 g/mol. The third-order valence-corrected chi connectivity index (χ3v) is 3.86. The summed E-state index contributed by atoms with van der Waals surface area (Å²) in [7, 11) is 2.05. The molecule has 3 nitrogen and oxygen atoms in total. The van der Waals surface area contributed by atoms with Crippen molar-refractivity contribution in [1.29, 1.82) is 0 Å². The molecule has 1 saturated carbocycles. The van der Waals surface area contributed by atoms with Crippen LogP contribution in [-0.2, 0) is 13.6 Å². The van der Waals surface area contributed by atoms with Gasteiger partial charge in [0.15, 0.2) is 0 Å². The quantitative estimate of drug-likeness (QED) is 0.846. The number of imidazole rings is 1. The average Bonchev–Trinajstić information content (AvgIpc) is 2.73. The van der Waals surface area contributed by atoms with E-state index in [1.165, 1.54) is 32.1 Å². The zero-order valence-corrected chi connectivity index (χ0v) is 10.4. The van der Waals surface area contributed by atoms with Crippen molar-refractivity contribution >= 4 is 0 Å². The summed E-state index contributed by atoms with van der Waals surface area (Å²) in [5, 5.41) is 3.61. The lowest BCUT2D eigenvalue weighted by Gasteiger charge is -2.28. The SMILES string of the molecule is C[C@@H](NCc1nccn1C)C1CCCCC1. The lowest BCUT2D eigenvalue weighted by atomic mass is 9.84. The van der Waals surface area contributed by atoms with Crippen molar-refractivity contribution in [2.24, 2.45) is 13.0 Å². The first-order valence-corrected chi connectivity index (χ1v) is 6.47. The van der Waals surface area contributed by atoms with Gasteiger partial charge >= 0.3 is 0 Å². The summed E-state index contributed by atoms with van der Waals surface area (Å²) in [5.74, 6) is 2.00. The predicted octanol–water partition coefficient (Wildman–Crippen LogP) is 2.48. The van der Waals surface area contributed by atoms with Gasteiger partial charge in [-0.2, -0.15) is 0 Å². The van der Waals surface area contributed by atoms with E-state index in [4.69, 9.17) is 0 Å². The highest BCUT2D eigenvalue weighted by Gasteiger charge is 2.19. The molecule has 0 amide bonds. The van der Waals surface area contributed by atoms with Crippen LogP contribution in [0, 0.1) is 5.92 Å². The highest BCUT2D eigenvalue weighted by molar-refractivity contribution is 4.91. The van der Waals surface area contributed by atoms with Crippen molar-refractivity contribution in [3.63, 3.8) is 0 Å². The summed E-state index contributed by atoms with van der Waals surface area (Å²) < 4.78 is 2.08. The van der Waals surface area contributed by atoms with Crippen molar-refractivity contribution in [3.8, 4) is 0 Å². The van der Waals surface area contributed by atoms with Crippen molar-refractivity contribution < 1.29 is 0 Å². The number of hydrogen-bond acceptors (Lipinski definition) is 2. The van der Waals surface area contributed by atoms with Gasteiger partial charge in [-0.3, -0.25) is 0 Å². The predicted molar refractivity (Wildman–Crippen MR) is 66.1 cm³/mol. The maximum Gasteiger partial charge on any atom is 0.122 e.